The highest BCUT2D eigenvalue weighted by Crippen LogP contribution is 2.55. The standard InChI is InChI=1S/C11H13NO3/c1-15-10(14)11(4-5-11)9(13)8-3-2-6-12-7-8/h2-3,6-7,9,13H,4-5H2,1H3. The molecule has 1 atom stereocenters. The van der Waals surface area contributed by atoms with Gasteiger partial charge in [-0.05, 0) is 24.5 Å². The minimum absolute atomic E-state index is 0.334. The van der Waals surface area contributed by atoms with Gasteiger partial charge in [0.25, 0.3) is 0 Å². The van der Waals surface area contributed by atoms with Crippen LogP contribution in [-0.4, -0.2) is 23.2 Å². The molecule has 80 valence electrons. The van der Waals surface area contributed by atoms with Gasteiger partial charge >= 0.3 is 5.97 Å². The zero-order valence-corrected chi connectivity index (χ0v) is 8.51. The Hall–Kier alpha value is -1.42. The third-order valence-electron chi connectivity index (χ3n) is 2.90. The van der Waals surface area contributed by atoms with Crippen LogP contribution in [-0.2, 0) is 9.53 Å². The highest BCUT2D eigenvalue weighted by atomic mass is 16.5. The molecule has 1 aliphatic rings. The van der Waals surface area contributed by atoms with Crippen molar-refractivity contribution in [2.24, 2.45) is 5.41 Å². The molecule has 0 aromatic carbocycles. The molecular formula is C11H13NO3. The van der Waals surface area contributed by atoms with Crippen molar-refractivity contribution in [3.63, 3.8) is 0 Å². The molecule has 4 nitrogen and oxygen atoms in total. The molecule has 1 N–H and O–H groups in total. The maximum absolute atomic E-state index is 11.5. The van der Waals surface area contributed by atoms with Crippen LogP contribution < -0.4 is 0 Å². The van der Waals surface area contributed by atoms with E-state index in [0.29, 0.717) is 18.4 Å². The molecule has 1 heterocycles. The molecule has 4 heteroatoms. The lowest BCUT2D eigenvalue weighted by molar-refractivity contribution is -0.152. The molecule has 0 bridgehead atoms. The molecule has 2 rings (SSSR count). The molecule has 15 heavy (non-hydrogen) atoms. The third-order valence-corrected chi connectivity index (χ3v) is 2.90. The zero-order valence-electron chi connectivity index (χ0n) is 8.51. The van der Waals surface area contributed by atoms with E-state index in [2.05, 4.69) is 4.98 Å². The van der Waals surface area contributed by atoms with Crippen LogP contribution in [0.25, 0.3) is 0 Å². The monoisotopic (exact) mass is 207 g/mol. The number of aliphatic hydroxyl groups is 1. The summed E-state index contributed by atoms with van der Waals surface area (Å²) in [4.78, 5) is 15.4. The molecule has 0 amide bonds. The molecule has 1 aromatic heterocycles. The van der Waals surface area contributed by atoms with Gasteiger partial charge in [0.15, 0.2) is 0 Å². The Morgan fingerprint density at radius 3 is 2.87 bits per heavy atom. The smallest absolute Gasteiger partial charge is 0.314 e. The van der Waals surface area contributed by atoms with E-state index < -0.39 is 11.5 Å². The normalized spacial score (nSPS) is 19.3. The second kappa shape index (κ2) is 3.62. The van der Waals surface area contributed by atoms with Crippen molar-refractivity contribution >= 4 is 5.97 Å². The summed E-state index contributed by atoms with van der Waals surface area (Å²) in [5.41, 5.74) is -0.0574. The fraction of sp³-hybridized carbons (Fsp3) is 0.455. The number of hydrogen-bond acceptors (Lipinski definition) is 4. The van der Waals surface area contributed by atoms with Crippen LogP contribution >= 0.6 is 0 Å². The molecule has 1 fully saturated rings. The second-order valence-electron chi connectivity index (χ2n) is 3.84. The summed E-state index contributed by atoms with van der Waals surface area (Å²) in [6, 6.07) is 3.51. The van der Waals surface area contributed by atoms with Crippen molar-refractivity contribution in [2.45, 2.75) is 18.9 Å². The van der Waals surface area contributed by atoms with E-state index in [9.17, 15) is 9.90 Å². The number of carbonyl (C=O) groups excluding carboxylic acids is 1. The Kier molecular flexibility index (Phi) is 2.44. The van der Waals surface area contributed by atoms with Crippen LogP contribution in [0.4, 0.5) is 0 Å². The molecular weight excluding hydrogens is 194 g/mol. The summed E-state index contributed by atoms with van der Waals surface area (Å²) in [5, 5.41) is 10.1. The molecule has 1 unspecified atom stereocenters. The van der Waals surface area contributed by atoms with Gasteiger partial charge < -0.3 is 9.84 Å². The van der Waals surface area contributed by atoms with Gasteiger partial charge in [-0.3, -0.25) is 9.78 Å². The fourth-order valence-corrected chi connectivity index (χ4v) is 1.78. The molecule has 0 radical (unpaired) electrons. The van der Waals surface area contributed by atoms with Gasteiger partial charge in [0.2, 0.25) is 0 Å². The van der Waals surface area contributed by atoms with Crippen LogP contribution in [0.2, 0.25) is 0 Å². The lowest BCUT2D eigenvalue weighted by Crippen LogP contribution is -2.25. The van der Waals surface area contributed by atoms with Gasteiger partial charge in [-0.1, -0.05) is 6.07 Å². The van der Waals surface area contributed by atoms with Gasteiger partial charge in [-0.25, -0.2) is 0 Å². The number of aromatic nitrogens is 1. The summed E-state index contributed by atoms with van der Waals surface area (Å²) in [6.07, 6.45) is 3.76. The predicted molar refractivity (Wildman–Crippen MR) is 52.9 cm³/mol. The summed E-state index contributed by atoms with van der Waals surface area (Å²) in [5.74, 6) is -0.334. The summed E-state index contributed by atoms with van der Waals surface area (Å²) in [7, 11) is 1.35. The van der Waals surface area contributed by atoms with Crippen LogP contribution in [0.3, 0.4) is 0 Å². The van der Waals surface area contributed by atoms with Crippen LogP contribution in [0, 0.1) is 5.41 Å². The summed E-state index contributed by atoms with van der Waals surface area (Å²) < 4.78 is 4.70. The minimum Gasteiger partial charge on any atom is -0.469 e. The maximum atomic E-state index is 11.5. The van der Waals surface area contributed by atoms with Gasteiger partial charge in [0, 0.05) is 12.4 Å². The van der Waals surface area contributed by atoms with Gasteiger partial charge in [0.05, 0.1) is 18.6 Å². The van der Waals surface area contributed by atoms with Crippen molar-refractivity contribution in [3.05, 3.63) is 30.1 Å². The topological polar surface area (TPSA) is 59.4 Å². The largest absolute Gasteiger partial charge is 0.469 e. The Morgan fingerprint density at radius 1 is 1.67 bits per heavy atom. The van der Waals surface area contributed by atoms with E-state index in [1.807, 2.05) is 0 Å². The first-order valence-corrected chi connectivity index (χ1v) is 4.87. The van der Waals surface area contributed by atoms with Gasteiger partial charge in [-0.15, -0.1) is 0 Å². The first-order valence-electron chi connectivity index (χ1n) is 4.87. The molecule has 0 aliphatic heterocycles. The maximum Gasteiger partial charge on any atom is 0.314 e. The molecule has 1 saturated carbocycles. The first-order chi connectivity index (χ1) is 7.20. The molecule has 1 aliphatic carbocycles. The van der Waals surface area contributed by atoms with Crippen LogP contribution in [0.15, 0.2) is 24.5 Å². The number of ether oxygens (including phenoxy) is 1. The average Bonchev–Trinajstić information content (AvgIpc) is 3.09. The van der Waals surface area contributed by atoms with E-state index in [0.717, 1.165) is 0 Å². The van der Waals surface area contributed by atoms with Crippen LogP contribution in [0.5, 0.6) is 0 Å². The Morgan fingerprint density at radius 2 is 2.40 bits per heavy atom. The highest BCUT2D eigenvalue weighted by molar-refractivity contribution is 5.80. The molecule has 0 spiro atoms. The summed E-state index contributed by atoms with van der Waals surface area (Å²) >= 11 is 0. The number of esters is 1. The lowest BCUT2D eigenvalue weighted by atomic mass is 9.94. The predicted octanol–water partition coefficient (Wildman–Crippen LogP) is 1.07. The molecule has 1 aromatic rings. The van der Waals surface area contributed by atoms with Crippen molar-refractivity contribution in [3.8, 4) is 0 Å². The number of pyridine rings is 1. The highest BCUT2D eigenvalue weighted by Gasteiger charge is 2.57. The third kappa shape index (κ3) is 1.61. The Labute approximate surface area is 87.9 Å². The van der Waals surface area contributed by atoms with Crippen molar-refractivity contribution in [1.29, 1.82) is 0 Å². The summed E-state index contributed by atoms with van der Waals surface area (Å²) in [6.45, 7) is 0. The fourth-order valence-electron chi connectivity index (χ4n) is 1.78. The van der Waals surface area contributed by atoms with Gasteiger partial charge in [0.1, 0.15) is 0 Å². The van der Waals surface area contributed by atoms with E-state index >= 15 is 0 Å². The number of rotatable bonds is 3. The zero-order chi connectivity index (χ0) is 10.9. The quantitative estimate of drug-likeness (QED) is 0.753. The number of methoxy groups -OCH3 is 1. The SMILES string of the molecule is COC(=O)C1(C(O)c2cccnc2)CC1. The number of aliphatic hydroxyl groups excluding tert-OH is 1. The van der Waals surface area contributed by atoms with Crippen molar-refractivity contribution < 1.29 is 14.6 Å². The number of carbonyl (C=O) groups is 1. The van der Waals surface area contributed by atoms with Crippen molar-refractivity contribution in [1.82, 2.24) is 4.98 Å². The van der Waals surface area contributed by atoms with E-state index in [1.54, 1.807) is 24.5 Å². The second-order valence-corrected chi connectivity index (χ2v) is 3.84. The number of hydrogen-bond donors (Lipinski definition) is 1. The van der Waals surface area contributed by atoms with E-state index in [1.165, 1.54) is 7.11 Å². The molecule has 0 saturated heterocycles. The first kappa shape index (κ1) is 10.1. The lowest BCUT2D eigenvalue weighted by Gasteiger charge is -2.19. The minimum atomic E-state index is -0.807. The van der Waals surface area contributed by atoms with Gasteiger partial charge in [-0.2, -0.15) is 0 Å². The number of nitrogens with zero attached hydrogens (tertiary/aromatic N) is 1. The van der Waals surface area contributed by atoms with Crippen LogP contribution in [0.1, 0.15) is 24.5 Å². The van der Waals surface area contributed by atoms with Crippen molar-refractivity contribution in [2.75, 3.05) is 7.11 Å². The average molecular weight is 207 g/mol. The van der Waals surface area contributed by atoms with E-state index in [-0.39, 0.29) is 5.97 Å². The van der Waals surface area contributed by atoms with E-state index in [4.69, 9.17) is 4.74 Å². The Balaban J connectivity index is 2.22. The Bertz CT molecular complexity index is 359.